The van der Waals surface area contributed by atoms with E-state index >= 15 is 0 Å². The molecule has 0 saturated carbocycles. The van der Waals surface area contributed by atoms with Crippen LogP contribution < -0.4 is 15.4 Å². The number of ether oxygens (including phenoxy) is 2. The van der Waals surface area contributed by atoms with Crippen LogP contribution in [0.1, 0.15) is 57.1 Å². The first-order valence-corrected chi connectivity index (χ1v) is 11.8. The van der Waals surface area contributed by atoms with Crippen molar-refractivity contribution in [1.29, 1.82) is 0 Å². The van der Waals surface area contributed by atoms with Gasteiger partial charge in [-0.15, -0.1) is 0 Å². The molecule has 6 nitrogen and oxygen atoms in total. The Morgan fingerprint density at radius 2 is 1.87 bits per heavy atom. The zero-order valence-corrected chi connectivity index (χ0v) is 20.2. The highest BCUT2D eigenvalue weighted by Gasteiger charge is 2.37. The lowest BCUT2D eigenvalue weighted by Crippen LogP contribution is -2.56. The molecule has 1 aromatic carbocycles. The number of hydrogen-bond acceptors (Lipinski definition) is 4. The van der Waals surface area contributed by atoms with E-state index in [1.807, 2.05) is 7.05 Å². The molecule has 2 aliphatic rings. The number of aryl methyl sites for hydroxylation is 1. The molecule has 2 heterocycles. The third-order valence-corrected chi connectivity index (χ3v) is 7.09. The lowest BCUT2D eigenvalue weighted by atomic mass is 9.73. The summed E-state index contributed by atoms with van der Waals surface area (Å²) < 4.78 is 11.5. The minimum absolute atomic E-state index is 0.0321. The fourth-order valence-electron chi connectivity index (χ4n) is 4.92. The molecule has 174 valence electrons. The average molecular weight is 431 g/mol. The van der Waals surface area contributed by atoms with Gasteiger partial charge in [-0.25, -0.2) is 0 Å². The molecule has 1 aromatic rings. The fraction of sp³-hybridized carbons (Fsp3) is 0.720. The Morgan fingerprint density at radius 1 is 1.16 bits per heavy atom. The lowest BCUT2D eigenvalue weighted by Gasteiger charge is -2.42. The molecule has 2 fully saturated rings. The number of likely N-dealkylation sites (tertiary alicyclic amines) is 1. The van der Waals surface area contributed by atoms with E-state index in [1.165, 1.54) is 43.5 Å². The van der Waals surface area contributed by atoms with Crippen molar-refractivity contribution in [2.75, 3.05) is 53.6 Å². The van der Waals surface area contributed by atoms with Crippen molar-refractivity contribution >= 4 is 5.96 Å². The first-order valence-electron chi connectivity index (χ1n) is 11.8. The maximum atomic E-state index is 5.75. The van der Waals surface area contributed by atoms with Gasteiger partial charge in [0.25, 0.3) is 0 Å². The first kappa shape index (κ1) is 23.9. The van der Waals surface area contributed by atoms with Crippen molar-refractivity contribution in [3.63, 3.8) is 0 Å². The second-order valence-electron chi connectivity index (χ2n) is 9.74. The minimum atomic E-state index is -0.0321. The largest absolute Gasteiger partial charge is 0.496 e. The highest BCUT2D eigenvalue weighted by atomic mass is 16.5. The number of benzene rings is 1. The van der Waals surface area contributed by atoms with Gasteiger partial charge in [-0.3, -0.25) is 9.89 Å². The summed E-state index contributed by atoms with van der Waals surface area (Å²) in [6.07, 6.45) is 5.91. The van der Waals surface area contributed by atoms with Gasteiger partial charge in [0.2, 0.25) is 0 Å². The van der Waals surface area contributed by atoms with Gasteiger partial charge in [0.15, 0.2) is 5.96 Å². The van der Waals surface area contributed by atoms with E-state index in [9.17, 15) is 0 Å². The molecule has 0 aromatic heterocycles. The second kappa shape index (κ2) is 10.7. The van der Waals surface area contributed by atoms with Gasteiger partial charge in [0.05, 0.1) is 7.11 Å². The van der Waals surface area contributed by atoms with Gasteiger partial charge in [0.1, 0.15) is 5.75 Å². The molecule has 0 aliphatic carbocycles. The predicted molar refractivity (Wildman–Crippen MR) is 128 cm³/mol. The Balaban J connectivity index is 1.68. The van der Waals surface area contributed by atoms with Gasteiger partial charge in [-0.05, 0) is 65.6 Å². The number of nitrogens with one attached hydrogen (secondary N) is 2. The van der Waals surface area contributed by atoms with Crippen LogP contribution in [0.15, 0.2) is 23.2 Å². The van der Waals surface area contributed by atoms with E-state index in [1.54, 1.807) is 7.11 Å². The normalized spacial score (nSPS) is 20.4. The van der Waals surface area contributed by atoms with Gasteiger partial charge in [-0.2, -0.15) is 0 Å². The van der Waals surface area contributed by atoms with Crippen LogP contribution in [-0.4, -0.2) is 69.9 Å². The summed E-state index contributed by atoms with van der Waals surface area (Å²) in [6.45, 7) is 12.4. The van der Waals surface area contributed by atoms with E-state index in [0.717, 1.165) is 50.9 Å². The summed E-state index contributed by atoms with van der Waals surface area (Å²) in [5, 5.41) is 7.22. The molecule has 2 saturated heterocycles. The van der Waals surface area contributed by atoms with Crippen LogP contribution in [0, 0.1) is 6.92 Å². The van der Waals surface area contributed by atoms with Crippen molar-refractivity contribution in [2.24, 2.45) is 4.99 Å². The molecule has 0 radical (unpaired) electrons. The van der Waals surface area contributed by atoms with Gasteiger partial charge < -0.3 is 20.1 Å². The Bertz CT molecular complexity index is 735. The number of nitrogens with zero attached hydrogens (tertiary/aromatic N) is 2. The Hall–Kier alpha value is -1.79. The summed E-state index contributed by atoms with van der Waals surface area (Å²) >= 11 is 0. The van der Waals surface area contributed by atoms with Crippen LogP contribution in [0.2, 0.25) is 0 Å². The summed E-state index contributed by atoms with van der Waals surface area (Å²) in [5.41, 5.74) is 2.60. The topological polar surface area (TPSA) is 58.1 Å². The molecule has 0 amide bonds. The van der Waals surface area contributed by atoms with Gasteiger partial charge in [0, 0.05) is 49.9 Å². The summed E-state index contributed by atoms with van der Waals surface area (Å²) in [5.74, 6) is 1.83. The minimum Gasteiger partial charge on any atom is -0.496 e. The zero-order valence-electron chi connectivity index (χ0n) is 20.2. The molecule has 3 rings (SSSR count). The van der Waals surface area contributed by atoms with Crippen molar-refractivity contribution in [3.8, 4) is 5.75 Å². The Morgan fingerprint density at radius 3 is 2.52 bits per heavy atom. The number of hydrogen-bond donors (Lipinski definition) is 2. The third-order valence-electron chi connectivity index (χ3n) is 7.09. The summed E-state index contributed by atoms with van der Waals surface area (Å²) in [4.78, 5) is 7.12. The summed E-state index contributed by atoms with van der Waals surface area (Å²) in [6, 6.07) is 6.49. The molecule has 2 N–H and O–H groups in total. The lowest BCUT2D eigenvalue weighted by molar-refractivity contribution is 0.0504. The van der Waals surface area contributed by atoms with Crippen LogP contribution in [-0.2, 0) is 10.2 Å². The van der Waals surface area contributed by atoms with E-state index in [2.05, 4.69) is 59.5 Å². The fourth-order valence-corrected chi connectivity index (χ4v) is 4.92. The number of rotatable bonds is 7. The smallest absolute Gasteiger partial charge is 0.191 e. The number of methoxy groups -OCH3 is 1. The molecule has 0 spiro atoms. The van der Waals surface area contributed by atoms with Crippen molar-refractivity contribution < 1.29 is 9.47 Å². The molecule has 2 aliphatic heterocycles. The Kier molecular flexibility index (Phi) is 8.23. The molecule has 0 atom stereocenters. The van der Waals surface area contributed by atoms with Crippen LogP contribution in [0.25, 0.3) is 0 Å². The Labute approximate surface area is 188 Å². The highest BCUT2D eigenvalue weighted by molar-refractivity contribution is 5.79. The van der Waals surface area contributed by atoms with Crippen LogP contribution in [0.3, 0.4) is 0 Å². The van der Waals surface area contributed by atoms with Gasteiger partial charge >= 0.3 is 0 Å². The number of aliphatic imine (C=N–C) groups is 1. The summed E-state index contributed by atoms with van der Waals surface area (Å²) in [7, 11) is 3.62. The average Bonchev–Trinajstić information content (AvgIpc) is 2.80. The zero-order chi connectivity index (χ0) is 22.3. The van der Waals surface area contributed by atoms with Crippen LogP contribution in [0.5, 0.6) is 5.75 Å². The van der Waals surface area contributed by atoms with Crippen molar-refractivity contribution in [3.05, 3.63) is 29.3 Å². The maximum absolute atomic E-state index is 5.75. The highest BCUT2D eigenvalue weighted by Crippen LogP contribution is 2.40. The van der Waals surface area contributed by atoms with Crippen LogP contribution in [0.4, 0.5) is 0 Å². The quantitative estimate of drug-likeness (QED) is 0.512. The molecule has 0 bridgehead atoms. The van der Waals surface area contributed by atoms with E-state index < -0.39 is 0 Å². The van der Waals surface area contributed by atoms with E-state index in [0.29, 0.717) is 0 Å². The molecule has 0 unspecified atom stereocenters. The SMILES string of the molecule is CN=C(NCC1(c2cc(C)ccc2OC)CCOCC1)NCC(C)(C)N1CCCCC1. The van der Waals surface area contributed by atoms with Crippen molar-refractivity contribution in [1.82, 2.24) is 15.5 Å². The van der Waals surface area contributed by atoms with Gasteiger partial charge in [-0.1, -0.05) is 24.1 Å². The molecular weight excluding hydrogens is 388 g/mol. The monoisotopic (exact) mass is 430 g/mol. The van der Waals surface area contributed by atoms with Crippen molar-refractivity contribution in [2.45, 2.75) is 63.8 Å². The standard InChI is InChI=1S/C25H42N4O2/c1-20-9-10-22(30-5)21(17-20)25(11-15-31-16-12-25)19-28-23(26-4)27-18-24(2,3)29-13-7-6-8-14-29/h9-10,17H,6-8,11-16,18-19H2,1-5H3,(H2,26,27,28). The number of piperidine rings is 1. The molecule has 31 heavy (non-hydrogen) atoms. The molecular formula is C25H42N4O2. The molecule has 6 heteroatoms. The number of guanidine groups is 1. The van der Waals surface area contributed by atoms with E-state index in [4.69, 9.17) is 9.47 Å². The first-order chi connectivity index (χ1) is 14.9. The van der Waals surface area contributed by atoms with Crippen LogP contribution >= 0.6 is 0 Å². The third kappa shape index (κ3) is 5.92. The van der Waals surface area contributed by atoms with E-state index in [-0.39, 0.29) is 11.0 Å². The second-order valence-corrected chi connectivity index (χ2v) is 9.74. The predicted octanol–water partition coefficient (Wildman–Crippen LogP) is 3.48. The maximum Gasteiger partial charge on any atom is 0.191 e.